The van der Waals surface area contributed by atoms with Gasteiger partial charge in [-0.3, -0.25) is 14.5 Å². The highest BCUT2D eigenvalue weighted by Gasteiger charge is 2.39. The maximum atomic E-state index is 13.6. The fraction of sp³-hybridized carbons (Fsp3) is 0.568. The minimum Gasteiger partial charge on any atom is -0.367 e. The Bertz CT molecular complexity index is 1440. The molecule has 7 nitrogen and oxygen atoms in total. The van der Waals surface area contributed by atoms with Crippen LogP contribution in [0.1, 0.15) is 116 Å². The summed E-state index contributed by atoms with van der Waals surface area (Å²) < 4.78 is 3.05. The molecule has 0 spiro atoms. The number of hydrogen-bond acceptors (Lipinski definition) is 7. The molecular formula is C37H54N6OS. The summed E-state index contributed by atoms with van der Waals surface area (Å²) in [5.41, 5.74) is 4.06. The first kappa shape index (κ1) is 34.7. The second-order valence-corrected chi connectivity index (χ2v) is 16.4. The summed E-state index contributed by atoms with van der Waals surface area (Å²) in [7, 11) is 0. The summed E-state index contributed by atoms with van der Waals surface area (Å²) in [4.78, 5) is 30.6. The van der Waals surface area contributed by atoms with E-state index in [-0.39, 0.29) is 22.9 Å². The topological polar surface area (TPSA) is 83.0 Å². The lowest BCUT2D eigenvalue weighted by molar-refractivity contribution is 0.0984. The minimum atomic E-state index is -0.165. The normalized spacial score (nSPS) is 17.3. The minimum absolute atomic E-state index is 0.0771. The molecule has 45 heavy (non-hydrogen) atoms. The van der Waals surface area contributed by atoms with Gasteiger partial charge in [0, 0.05) is 59.5 Å². The lowest BCUT2D eigenvalue weighted by Gasteiger charge is -2.34. The predicted molar refractivity (Wildman–Crippen MR) is 189 cm³/mol. The van der Waals surface area contributed by atoms with Gasteiger partial charge in [0.25, 0.3) is 5.91 Å². The van der Waals surface area contributed by atoms with E-state index in [9.17, 15) is 4.79 Å². The van der Waals surface area contributed by atoms with Gasteiger partial charge in [0.1, 0.15) is 16.7 Å². The van der Waals surface area contributed by atoms with Gasteiger partial charge in [-0.05, 0) is 86.8 Å². The van der Waals surface area contributed by atoms with E-state index < -0.39 is 0 Å². The molecule has 2 N–H and O–H groups in total. The van der Waals surface area contributed by atoms with Gasteiger partial charge in [-0.2, -0.15) is 0 Å². The lowest BCUT2D eigenvalue weighted by Crippen LogP contribution is -2.40. The van der Waals surface area contributed by atoms with Gasteiger partial charge in [0.15, 0.2) is 0 Å². The summed E-state index contributed by atoms with van der Waals surface area (Å²) in [6, 6.07) is 14.3. The molecule has 2 unspecified atom stereocenters. The van der Waals surface area contributed by atoms with Crippen LogP contribution in [0, 0.1) is 11.3 Å². The average molecular weight is 631 g/mol. The molecule has 1 saturated heterocycles. The summed E-state index contributed by atoms with van der Waals surface area (Å²) in [6.45, 7) is 23.1. The first-order valence-electron chi connectivity index (χ1n) is 16.5. The van der Waals surface area contributed by atoms with Gasteiger partial charge in [-0.15, -0.1) is 0 Å². The molecule has 0 radical (unpaired) electrons. The number of carbonyl (C=O) groups is 1. The second-order valence-electron chi connectivity index (χ2n) is 15.6. The molecule has 1 aliphatic heterocycles. The van der Waals surface area contributed by atoms with Crippen LogP contribution in [0.15, 0.2) is 53.7 Å². The zero-order valence-corrected chi connectivity index (χ0v) is 29.9. The Hall–Kier alpha value is -3.13. The van der Waals surface area contributed by atoms with Crippen molar-refractivity contribution in [2.45, 2.75) is 123 Å². The van der Waals surface area contributed by atoms with Crippen LogP contribution < -0.4 is 14.9 Å². The van der Waals surface area contributed by atoms with Gasteiger partial charge in [0.05, 0.1) is 5.56 Å². The van der Waals surface area contributed by atoms with Crippen molar-refractivity contribution < 1.29 is 4.79 Å². The molecule has 0 bridgehead atoms. The third-order valence-corrected chi connectivity index (χ3v) is 9.26. The zero-order chi connectivity index (χ0) is 33.0. The molecule has 3 aromatic heterocycles. The van der Waals surface area contributed by atoms with E-state index in [0.29, 0.717) is 16.9 Å². The molecular weight excluding hydrogens is 577 g/mol. The van der Waals surface area contributed by atoms with E-state index in [1.807, 2.05) is 36.5 Å². The molecule has 4 heterocycles. The standard InChI is InChI=1S/C37H54N6OS/c1-11-27(21-28-16-15-26(23-38-28)19-20-35(3,4)5)39-31-13-12-14-32(41-31)45-42-34(44)29-17-18-30(36(6,7)8)40-33(29)43-24-25(2)22-37(43,9)10/h12-18,23,25,27H,11,19-22,24H2,1-10H3,(H,39,41)(H,42,44). The fourth-order valence-electron chi connectivity index (χ4n) is 5.92. The molecule has 0 aliphatic carbocycles. The number of amides is 1. The van der Waals surface area contributed by atoms with Crippen LogP contribution in [0.25, 0.3) is 0 Å². The number of nitrogens with zero attached hydrogens (tertiary/aromatic N) is 4. The number of aromatic nitrogens is 3. The van der Waals surface area contributed by atoms with Crippen molar-refractivity contribution in [2.24, 2.45) is 11.3 Å². The van der Waals surface area contributed by atoms with Crippen LogP contribution in [0.3, 0.4) is 0 Å². The van der Waals surface area contributed by atoms with Crippen LogP contribution in [-0.2, 0) is 18.3 Å². The average Bonchev–Trinajstić information content (AvgIpc) is 3.25. The number of rotatable bonds is 11. The monoisotopic (exact) mass is 630 g/mol. The molecule has 3 aromatic rings. The number of anilines is 2. The van der Waals surface area contributed by atoms with Crippen molar-refractivity contribution in [3.8, 4) is 0 Å². The van der Waals surface area contributed by atoms with Crippen LogP contribution in [-0.4, -0.2) is 39.0 Å². The van der Waals surface area contributed by atoms with Gasteiger partial charge >= 0.3 is 0 Å². The van der Waals surface area contributed by atoms with Gasteiger partial charge in [-0.25, -0.2) is 9.97 Å². The Kier molecular flexibility index (Phi) is 10.9. The number of pyridine rings is 3. The highest BCUT2D eigenvalue weighted by Crippen LogP contribution is 2.38. The van der Waals surface area contributed by atoms with Crippen molar-refractivity contribution in [3.05, 3.63) is 71.2 Å². The van der Waals surface area contributed by atoms with Crippen LogP contribution in [0.2, 0.25) is 0 Å². The van der Waals surface area contributed by atoms with E-state index in [1.54, 1.807) is 0 Å². The number of nitrogens with one attached hydrogen (secondary N) is 2. The zero-order valence-electron chi connectivity index (χ0n) is 29.1. The Labute approximate surface area is 276 Å². The Morgan fingerprint density at radius 2 is 1.82 bits per heavy atom. The molecule has 0 saturated carbocycles. The largest absolute Gasteiger partial charge is 0.367 e. The first-order valence-corrected chi connectivity index (χ1v) is 17.3. The van der Waals surface area contributed by atoms with Crippen molar-refractivity contribution >= 4 is 29.5 Å². The van der Waals surface area contributed by atoms with Crippen molar-refractivity contribution in [1.82, 2.24) is 19.7 Å². The van der Waals surface area contributed by atoms with Crippen LogP contribution >= 0.6 is 11.9 Å². The molecule has 244 valence electrons. The summed E-state index contributed by atoms with van der Waals surface area (Å²) in [5, 5.41) is 4.31. The van der Waals surface area contributed by atoms with Crippen molar-refractivity contribution in [1.29, 1.82) is 0 Å². The Morgan fingerprint density at radius 3 is 2.42 bits per heavy atom. The number of carbonyl (C=O) groups excluding carboxylic acids is 1. The molecule has 1 amide bonds. The van der Waals surface area contributed by atoms with Crippen LogP contribution in [0.4, 0.5) is 11.6 Å². The van der Waals surface area contributed by atoms with Gasteiger partial charge < -0.3 is 10.2 Å². The highest BCUT2D eigenvalue weighted by molar-refractivity contribution is 7.97. The maximum Gasteiger partial charge on any atom is 0.265 e. The molecule has 1 fully saturated rings. The van der Waals surface area contributed by atoms with E-state index in [4.69, 9.17) is 15.0 Å². The number of aryl methyl sites for hydroxylation is 1. The van der Waals surface area contributed by atoms with Crippen molar-refractivity contribution in [2.75, 3.05) is 16.8 Å². The number of hydrogen-bond donors (Lipinski definition) is 2. The lowest BCUT2D eigenvalue weighted by atomic mass is 9.89. The highest BCUT2D eigenvalue weighted by atomic mass is 32.2. The van der Waals surface area contributed by atoms with E-state index in [0.717, 1.165) is 66.7 Å². The third-order valence-electron chi connectivity index (χ3n) is 8.54. The third kappa shape index (κ3) is 9.68. The molecule has 2 atom stereocenters. The van der Waals surface area contributed by atoms with Crippen LogP contribution in [0.5, 0.6) is 0 Å². The van der Waals surface area contributed by atoms with E-state index >= 15 is 0 Å². The molecule has 1 aliphatic rings. The smallest absolute Gasteiger partial charge is 0.265 e. The SMILES string of the molecule is CCC(Cc1ccc(CCC(C)(C)C)cn1)Nc1cccc(SNC(=O)c2ccc(C(C)(C)C)nc2N2CC(C)CC2(C)C)n1. The Morgan fingerprint density at radius 1 is 1.07 bits per heavy atom. The van der Waals surface area contributed by atoms with E-state index in [2.05, 4.69) is 96.3 Å². The molecule has 0 aromatic carbocycles. The van der Waals surface area contributed by atoms with Crippen molar-refractivity contribution in [3.63, 3.8) is 0 Å². The maximum absolute atomic E-state index is 13.6. The Balaban J connectivity index is 1.42. The summed E-state index contributed by atoms with van der Waals surface area (Å²) >= 11 is 1.24. The van der Waals surface area contributed by atoms with Gasteiger partial charge in [0.2, 0.25) is 0 Å². The summed E-state index contributed by atoms with van der Waals surface area (Å²) in [6.07, 6.45) is 7.03. The molecule has 8 heteroatoms. The fourth-order valence-corrected chi connectivity index (χ4v) is 6.51. The van der Waals surface area contributed by atoms with Gasteiger partial charge in [-0.1, -0.05) is 67.5 Å². The summed E-state index contributed by atoms with van der Waals surface area (Å²) in [5.74, 6) is 1.92. The molecule has 4 rings (SSSR count). The van der Waals surface area contributed by atoms with E-state index in [1.165, 1.54) is 17.5 Å². The quantitative estimate of drug-likeness (QED) is 0.205. The second kappa shape index (κ2) is 14.1. The predicted octanol–water partition coefficient (Wildman–Crippen LogP) is 8.64. The first-order chi connectivity index (χ1) is 21.0.